The van der Waals surface area contributed by atoms with Crippen molar-refractivity contribution >= 4 is 17.7 Å². The number of likely N-dealkylation sites (tertiary alicyclic amines) is 1. The molecule has 14 heavy (non-hydrogen) atoms. The van der Waals surface area contributed by atoms with Crippen molar-refractivity contribution in [2.75, 3.05) is 13.1 Å². The van der Waals surface area contributed by atoms with Gasteiger partial charge < -0.3 is 15.1 Å². The van der Waals surface area contributed by atoms with E-state index in [0.29, 0.717) is 0 Å². The van der Waals surface area contributed by atoms with Gasteiger partial charge in [-0.15, -0.1) is 0 Å². The molecule has 1 fully saturated rings. The second-order valence-electron chi connectivity index (χ2n) is 3.39. The average Bonchev–Trinajstić information content (AvgIpc) is 2.44. The van der Waals surface area contributed by atoms with E-state index in [2.05, 4.69) is 0 Å². The maximum absolute atomic E-state index is 11.2. The SMILES string of the molecule is CC1CN(C(=O)C(=O)C(=O)O)CC1O. The fraction of sp³-hybridized carbons (Fsp3) is 0.625. The molecule has 0 saturated carbocycles. The Hall–Kier alpha value is -1.43. The highest BCUT2D eigenvalue weighted by atomic mass is 16.4. The van der Waals surface area contributed by atoms with E-state index in [1.54, 1.807) is 6.92 Å². The summed E-state index contributed by atoms with van der Waals surface area (Å²) in [6.45, 7) is 1.97. The number of carboxylic acids is 1. The van der Waals surface area contributed by atoms with Gasteiger partial charge in [0.25, 0.3) is 0 Å². The third-order valence-corrected chi connectivity index (χ3v) is 2.25. The number of ketones is 1. The van der Waals surface area contributed by atoms with Crippen molar-refractivity contribution in [3.05, 3.63) is 0 Å². The van der Waals surface area contributed by atoms with Crippen molar-refractivity contribution in [2.45, 2.75) is 13.0 Å². The van der Waals surface area contributed by atoms with Gasteiger partial charge in [0.15, 0.2) is 0 Å². The summed E-state index contributed by atoms with van der Waals surface area (Å²) in [4.78, 5) is 33.2. The molecule has 0 aromatic rings. The summed E-state index contributed by atoms with van der Waals surface area (Å²) in [7, 11) is 0. The van der Waals surface area contributed by atoms with Crippen LogP contribution >= 0.6 is 0 Å². The summed E-state index contributed by atoms with van der Waals surface area (Å²) in [6.07, 6.45) is -0.680. The van der Waals surface area contributed by atoms with E-state index >= 15 is 0 Å². The fourth-order valence-electron chi connectivity index (χ4n) is 1.35. The minimum atomic E-state index is -1.76. The van der Waals surface area contributed by atoms with Crippen LogP contribution in [0.4, 0.5) is 0 Å². The minimum absolute atomic E-state index is 0.0268. The van der Waals surface area contributed by atoms with E-state index in [0.717, 1.165) is 4.90 Å². The molecule has 1 saturated heterocycles. The van der Waals surface area contributed by atoms with E-state index in [1.807, 2.05) is 0 Å². The Kier molecular flexibility index (Phi) is 2.85. The van der Waals surface area contributed by atoms with Crippen molar-refractivity contribution in [1.82, 2.24) is 4.90 Å². The first kappa shape index (κ1) is 10.6. The van der Waals surface area contributed by atoms with Gasteiger partial charge in [-0.3, -0.25) is 9.59 Å². The molecule has 1 heterocycles. The molecule has 0 radical (unpaired) electrons. The predicted octanol–water partition coefficient (Wildman–Crippen LogP) is -1.52. The smallest absolute Gasteiger partial charge is 0.382 e. The highest BCUT2D eigenvalue weighted by Gasteiger charge is 2.35. The van der Waals surface area contributed by atoms with Crippen LogP contribution in [0.3, 0.4) is 0 Å². The third-order valence-electron chi connectivity index (χ3n) is 2.25. The number of hydrogen-bond donors (Lipinski definition) is 2. The Labute approximate surface area is 80.1 Å². The highest BCUT2D eigenvalue weighted by Crippen LogP contribution is 2.16. The molecule has 2 atom stereocenters. The van der Waals surface area contributed by atoms with Crippen LogP contribution in [0.25, 0.3) is 0 Å². The van der Waals surface area contributed by atoms with Gasteiger partial charge in [-0.25, -0.2) is 4.79 Å². The number of aliphatic hydroxyl groups is 1. The molecule has 78 valence electrons. The number of nitrogens with zero attached hydrogens (tertiary/aromatic N) is 1. The maximum Gasteiger partial charge on any atom is 0.382 e. The van der Waals surface area contributed by atoms with E-state index in [-0.39, 0.29) is 19.0 Å². The van der Waals surface area contributed by atoms with Crippen LogP contribution in [0.5, 0.6) is 0 Å². The molecule has 6 nitrogen and oxygen atoms in total. The number of rotatable bonds is 2. The Morgan fingerprint density at radius 3 is 2.21 bits per heavy atom. The quantitative estimate of drug-likeness (QED) is 0.418. The lowest BCUT2D eigenvalue weighted by Crippen LogP contribution is -2.38. The van der Waals surface area contributed by atoms with Gasteiger partial charge >= 0.3 is 17.7 Å². The molecule has 1 amide bonds. The molecule has 0 aliphatic carbocycles. The number of carbonyl (C=O) groups excluding carboxylic acids is 2. The summed E-state index contributed by atoms with van der Waals surface area (Å²) in [5, 5.41) is 17.6. The van der Waals surface area contributed by atoms with E-state index in [1.165, 1.54) is 0 Å². The first-order valence-corrected chi connectivity index (χ1v) is 4.18. The zero-order valence-corrected chi connectivity index (χ0v) is 7.64. The van der Waals surface area contributed by atoms with E-state index in [9.17, 15) is 19.5 Å². The normalized spacial score (nSPS) is 26.3. The number of hydrogen-bond acceptors (Lipinski definition) is 4. The zero-order valence-electron chi connectivity index (χ0n) is 7.64. The van der Waals surface area contributed by atoms with Crippen LogP contribution in [-0.4, -0.2) is 52.0 Å². The van der Waals surface area contributed by atoms with Gasteiger partial charge in [-0.2, -0.15) is 0 Å². The molecule has 1 aliphatic heterocycles. The lowest BCUT2D eigenvalue weighted by Gasteiger charge is -2.12. The minimum Gasteiger partial charge on any atom is -0.475 e. The van der Waals surface area contributed by atoms with Crippen LogP contribution in [0, 0.1) is 5.92 Å². The molecule has 0 spiro atoms. The van der Waals surface area contributed by atoms with Gasteiger partial charge in [0.1, 0.15) is 0 Å². The molecule has 1 aliphatic rings. The number of carboxylic acid groups (broad SMARTS) is 1. The van der Waals surface area contributed by atoms with Crippen LogP contribution in [0.15, 0.2) is 0 Å². The average molecular weight is 201 g/mol. The Morgan fingerprint density at radius 2 is 1.86 bits per heavy atom. The lowest BCUT2D eigenvalue weighted by molar-refractivity contribution is -0.156. The van der Waals surface area contributed by atoms with E-state index < -0.39 is 23.8 Å². The van der Waals surface area contributed by atoms with Crippen molar-refractivity contribution < 1.29 is 24.6 Å². The van der Waals surface area contributed by atoms with E-state index in [4.69, 9.17) is 5.11 Å². The Morgan fingerprint density at radius 1 is 1.29 bits per heavy atom. The molecular weight excluding hydrogens is 190 g/mol. The molecular formula is C8H11NO5. The van der Waals surface area contributed by atoms with Gasteiger partial charge in [-0.05, 0) is 0 Å². The van der Waals surface area contributed by atoms with Crippen molar-refractivity contribution in [3.63, 3.8) is 0 Å². The molecule has 6 heteroatoms. The summed E-state index contributed by atoms with van der Waals surface area (Å²) >= 11 is 0. The van der Waals surface area contributed by atoms with Crippen molar-refractivity contribution in [2.24, 2.45) is 5.92 Å². The number of carbonyl (C=O) groups is 3. The Balaban J connectivity index is 2.64. The van der Waals surface area contributed by atoms with Crippen LogP contribution in [0.2, 0.25) is 0 Å². The molecule has 0 aromatic heterocycles. The third kappa shape index (κ3) is 1.90. The predicted molar refractivity (Wildman–Crippen MR) is 44.4 cm³/mol. The monoisotopic (exact) mass is 201 g/mol. The largest absolute Gasteiger partial charge is 0.475 e. The standard InChI is InChI=1S/C8H11NO5/c1-4-2-9(3-5(4)10)7(12)6(11)8(13)14/h4-5,10H,2-3H2,1H3,(H,13,14). The van der Waals surface area contributed by atoms with Crippen LogP contribution in [0.1, 0.15) is 6.92 Å². The first-order chi connectivity index (χ1) is 6.43. The first-order valence-electron chi connectivity index (χ1n) is 4.18. The number of Topliss-reactive ketones (excluding diaryl/α,β-unsaturated/α-hetero) is 1. The number of amides is 1. The van der Waals surface area contributed by atoms with Gasteiger partial charge in [0, 0.05) is 19.0 Å². The molecule has 2 N–H and O–H groups in total. The molecule has 1 rings (SSSR count). The second-order valence-corrected chi connectivity index (χ2v) is 3.39. The Bertz CT molecular complexity index is 277. The number of aliphatic hydroxyl groups excluding tert-OH is 1. The van der Waals surface area contributed by atoms with Crippen LogP contribution in [-0.2, 0) is 14.4 Å². The topological polar surface area (TPSA) is 94.9 Å². The molecule has 0 aromatic carbocycles. The fourth-order valence-corrected chi connectivity index (χ4v) is 1.35. The van der Waals surface area contributed by atoms with Gasteiger partial charge in [-0.1, -0.05) is 6.92 Å². The molecule has 2 unspecified atom stereocenters. The number of aliphatic carboxylic acids is 1. The van der Waals surface area contributed by atoms with Crippen LogP contribution < -0.4 is 0 Å². The van der Waals surface area contributed by atoms with Gasteiger partial charge in [0.2, 0.25) is 0 Å². The summed E-state index contributed by atoms with van der Waals surface area (Å²) < 4.78 is 0. The summed E-state index contributed by atoms with van der Waals surface area (Å²) in [6, 6.07) is 0. The van der Waals surface area contributed by atoms with Gasteiger partial charge in [0.05, 0.1) is 6.10 Å². The lowest BCUT2D eigenvalue weighted by atomic mass is 10.1. The molecule has 0 bridgehead atoms. The number of β-amino-alcohol motifs (C(OH)–C–C–N with tert-alkyl or cyclic N) is 1. The summed E-state index contributed by atoms with van der Waals surface area (Å²) in [5.74, 6) is -4.39. The summed E-state index contributed by atoms with van der Waals surface area (Å²) in [5.41, 5.74) is 0. The zero-order chi connectivity index (χ0) is 10.9. The second kappa shape index (κ2) is 3.75. The maximum atomic E-state index is 11.2. The van der Waals surface area contributed by atoms with Crippen molar-refractivity contribution in [3.8, 4) is 0 Å². The van der Waals surface area contributed by atoms with Crippen molar-refractivity contribution in [1.29, 1.82) is 0 Å². The highest BCUT2D eigenvalue weighted by molar-refractivity contribution is 6.61.